The van der Waals surface area contributed by atoms with E-state index in [1.165, 1.54) is 37.8 Å². The van der Waals surface area contributed by atoms with Crippen LogP contribution in [0.3, 0.4) is 0 Å². The monoisotopic (exact) mass is 348 g/mol. The number of aliphatic hydroxyl groups is 1. The summed E-state index contributed by atoms with van der Waals surface area (Å²) in [6.45, 7) is 0.330. The zero-order chi connectivity index (χ0) is 17.8. The Bertz CT molecular complexity index is 632. The van der Waals surface area contributed by atoms with Gasteiger partial charge in [-0.05, 0) is 43.6 Å². The molecule has 0 atom stereocenters. The average molecular weight is 348 g/mol. The van der Waals surface area contributed by atoms with Crippen LogP contribution in [0.25, 0.3) is 0 Å². The molecule has 2 aliphatic rings. The van der Waals surface area contributed by atoms with Gasteiger partial charge in [0.25, 0.3) is 5.69 Å². The van der Waals surface area contributed by atoms with Crippen LogP contribution in [0, 0.1) is 22.0 Å². The molecule has 3 rings (SSSR count). The number of amides is 1. The lowest BCUT2D eigenvalue weighted by Crippen LogP contribution is -2.41. The van der Waals surface area contributed by atoms with Crippen molar-refractivity contribution in [1.29, 1.82) is 0 Å². The SMILES string of the molecule is O=C(CNc1cc([N+](=O)[O-])ccc1NCCO)NC(C1CC1)C1CC1. The third-order valence-corrected chi connectivity index (χ3v) is 4.67. The van der Waals surface area contributed by atoms with E-state index in [0.29, 0.717) is 29.8 Å². The Morgan fingerprint density at radius 2 is 1.88 bits per heavy atom. The van der Waals surface area contributed by atoms with Gasteiger partial charge in [-0.3, -0.25) is 14.9 Å². The van der Waals surface area contributed by atoms with Gasteiger partial charge in [-0.25, -0.2) is 0 Å². The van der Waals surface area contributed by atoms with Crippen LogP contribution in [0.15, 0.2) is 18.2 Å². The smallest absolute Gasteiger partial charge is 0.271 e. The molecule has 8 nitrogen and oxygen atoms in total. The first-order valence-electron chi connectivity index (χ1n) is 8.75. The number of non-ortho nitro benzene ring substituents is 1. The maximum Gasteiger partial charge on any atom is 0.271 e. The largest absolute Gasteiger partial charge is 0.395 e. The number of anilines is 2. The predicted octanol–water partition coefficient (Wildman–Crippen LogP) is 1.72. The van der Waals surface area contributed by atoms with Crippen LogP contribution >= 0.6 is 0 Å². The van der Waals surface area contributed by atoms with Crippen LogP contribution in [-0.4, -0.2) is 41.7 Å². The Labute approximate surface area is 146 Å². The normalized spacial score (nSPS) is 16.6. The molecule has 25 heavy (non-hydrogen) atoms. The van der Waals surface area contributed by atoms with Crippen LogP contribution in [0.5, 0.6) is 0 Å². The van der Waals surface area contributed by atoms with Gasteiger partial charge in [0, 0.05) is 24.7 Å². The molecule has 0 saturated heterocycles. The van der Waals surface area contributed by atoms with E-state index in [9.17, 15) is 14.9 Å². The number of hydrogen-bond donors (Lipinski definition) is 4. The minimum absolute atomic E-state index is 0.0497. The molecule has 1 aromatic carbocycles. The molecule has 1 aromatic rings. The zero-order valence-electron chi connectivity index (χ0n) is 14.0. The first-order chi connectivity index (χ1) is 12.1. The molecule has 4 N–H and O–H groups in total. The molecule has 136 valence electrons. The summed E-state index contributed by atoms with van der Waals surface area (Å²) < 4.78 is 0. The molecular formula is C17H24N4O4. The third kappa shape index (κ3) is 4.82. The maximum atomic E-state index is 12.3. The van der Waals surface area contributed by atoms with Gasteiger partial charge in [-0.1, -0.05) is 0 Å². The van der Waals surface area contributed by atoms with Crippen molar-refractivity contribution in [2.75, 3.05) is 30.3 Å². The standard InChI is InChI=1S/C17H24N4O4/c22-8-7-18-14-6-5-13(21(24)25)9-15(14)19-10-16(23)20-17(11-1-2-11)12-3-4-12/h5-6,9,11-12,17-19,22H,1-4,7-8,10H2,(H,20,23). The molecule has 2 saturated carbocycles. The summed E-state index contributed by atoms with van der Waals surface area (Å²) in [5.41, 5.74) is 1.05. The average Bonchev–Trinajstić information content (AvgIpc) is 3.48. The fourth-order valence-electron chi connectivity index (χ4n) is 3.08. The first kappa shape index (κ1) is 17.5. The molecule has 0 spiro atoms. The van der Waals surface area contributed by atoms with Crippen molar-refractivity contribution in [3.8, 4) is 0 Å². The van der Waals surface area contributed by atoms with Crippen molar-refractivity contribution in [2.24, 2.45) is 11.8 Å². The molecule has 0 radical (unpaired) electrons. The number of nitro benzene ring substituents is 1. The van der Waals surface area contributed by atoms with Gasteiger partial charge in [0.1, 0.15) is 0 Å². The van der Waals surface area contributed by atoms with E-state index in [1.807, 2.05) is 0 Å². The van der Waals surface area contributed by atoms with Crippen LogP contribution in [0.2, 0.25) is 0 Å². The zero-order valence-corrected chi connectivity index (χ0v) is 14.0. The molecule has 0 unspecified atom stereocenters. The Balaban J connectivity index is 1.60. The van der Waals surface area contributed by atoms with Crippen LogP contribution < -0.4 is 16.0 Å². The first-order valence-corrected chi connectivity index (χ1v) is 8.75. The second-order valence-electron chi connectivity index (χ2n) is 6.76. The Hall–Kier alpha value is -2.35. The van der Waals surface area contributed by atoms with Gasteiger partial charge in [0.2, 0.25) is 5.91 Å². The van der Waals surface area contributed by atoms with Gasteiger partial charge in [0.05, 0.1) is 29.4 Å². The second-order valence-corrected chi connectivity index (χ2v) is 6.76. The number of rotatable bonds is 10. The van der Waals surface area contributed by atoms with E-state index < -0.39 is 4.92 Å². The molecule has 0 bridgehead atoms. The number of nitro groups is 1. The molecule has 0 aliphatic heterocycles. The van der Waals surface area contributed by atoms with Crippen molar-refractivity contribution >= 4 is 23.0 Å². The Morgan fingerprint density at radius 1 is 1.20 bits per heavy atom. The fraction of sp³-hybridized carbons (Fsp3) is 0.588. The number of nitrogens with one attached hydrogen (secondary N) is 3. The second kappa shape index (κ2) is 7.69. The van der Waals surface area contributed by atoms with E-state index in [4.69, 9.17) is 5.11 Å². The summed E-state index contributed by atoms with van der Waals surface area (Å²) >= 11 is 0. The molecule has 1 amide bonds. The highest BCUT2D eigenvalue weighted by Gasteiger charge is 2.42. The van der Waals surface area contributed by atoms with Crippen molar-refractivity contribution in [1.82, 2.24) is 5.32 Å². The highest BCUT2D eigenvalue weighted by atomic mass is 16.6. The third-order valence-electron chi connectivity index (χ3n) is 4.67. The van der Waals surface area contributed by atoms with Crippen molar-refractivity contribution in [3.05, 3.63) is 28.3 Å². The summed E-state index contributed by atoms with van der Waals surface area (Å²) in [4.78, 5) is 22.8. The van der Waals surface area contributed by atoms with Crippen LogP contribution in [0.1, 0.15) is 25.7 Å². The van der Waals surface area contributed by atoms with Crippen LogP contribution in [0.4, 0.5) is 17.1 Å². The molecule has 2 fully saturated rings. The predicted molar refractivity (Wildman–Crippen MR) is 94.5 cm³/mol. The summed E-state index contributed by atoms with van der Waals surface area (Å²) in [5.74, 6) is 1.15. The van der Waals surface area contributed by atoms with E-state index in [2.05, 4.69) is 16.0 Å². The lowest BCUT2D eigenvalue weighted by molar-refractivity contribution is -0.384. The lowest BCUT2D eigenvalue weighted by Gasteiger charge is -2.19. The molecule has 2 aliphatic carbocycles. The minimum atomic E-state index is -0.475. The van der Waals surface area contributed by atoms with Gasteiger partial charge >= 0.3 is 0 Å². The molecular weight excluding hydrogens is 324 g/mol. The van der Waals surface area contributed by atoms with Gasteiger partial charge < -0.3 is 21.1 Å². The van der Waals surface area contributed by atoms with Crippen molar-refractivity contribution in [2.45, 2.75) is 31.7 Å². The van der Waals surface area contributed by atoms with E-state index in [0.717, 1.165) is 0 Å². The molecule has 8 heteroatoms. The number of benzene rings is 1. The molecule has 0 heterocycles. The highest BCUT2D eigenvalue weighted by Crippen LogP contribution is 2.44. The van der Waals surface area contributed by atoms with Crippen LogP contribution in [-0.2, 0) is 4.79 Å². The van der Waals surface area contributed by atoms with E-state index in [1.54, 1.807) is 6.07 Å². The summed E-state index contributed by atoms with van der Waals surface area (Å²) in [5, 5.41) is 29.0. The number of carbonyl (C=O) groups excluding carboxylic acids is 1. The lowest BCUT2D eigenvalue weighted by atomic mass is 10.1. The number of hydrogen-bond acceptors (Lipinski definition) is 6. The van der Waals surface area contributed by atoms with Crippen molar-refractivity contribution in [3.63, 3.8) is 0 Å². The minimum Gasteiger partial charge on any atom is -0.395 e. The maximum absolute atomic E-state index is 12.3. The summed E-state index contributed by atoms with van der Waals surface area (Å²) in [7, 11) is 0. The highest BCUT2D eigenvalue weighted by molar-refractivity contribution is 5.83. The van der Waals surface area contributed by atoms with Gasteiger partial charge in [-0.2, -0.15) is 0 Å². The van der Waals surface area contributed by atoms with Gasteiger partial charge in [-0.15, -0.1) is 0 Å². The van der Waals surface area contributed by atoms with Crippen molar-refractivity contribution < 1.29 is 14.8 Å². The summed E-state index contributed by atoms with van der Waals surface area (Å²) in [6, 6.07) is 4.64. The molecule has 0 aromatic heterocycles. The Kier molecular flexibility index (Phi) is 5.37. The Morgan fingerprint density at radius 3 is 2.44 bits per heavy atom. The number of nitrogens with zero attached hydrogens (tertiary/aromatic N) is 1. The quantitative estimate of drug-likeness (QED) is 0.378. The van der Waals surface area contributed by atoms with E-state index >= 15 is 0 Å². The fourth-order valence-corrected chi connectivity index (χ4v) is 3.08. The summed E-state index contributed by atoms with van der Waals surface area (Å²) in [6.07, 6.45) is 4.76. The van der Waals surface area contributed by atoms with E-state index in [-0.39, 0.29) is 30.8 Å². The van der Waals surface area contributed by atoms with Gasteiger partial charge in [0.15, 0.2) is 0 Å². The topological polar surface area (TPSA) is 117 Å². The number of carbonyl (C=O) groups is 1. The number of aliphatic hydroxyl groups excluding tert-OH is 1.